The average molecular weight is 294 g/mol. The summed E-state index contributed by atoms with van der Waals surface area (Å²) in [6, 6.07) is 8.48. The van der Waals surface area contributed by atoms with E-state index in [1.54, 1.807) is 11.3 Å². The fraction of sp³-hybridized carbons (Fsp3) is 0.400. The van der Waals surface area contributed by atoms with E-state index in [-0.39, 0.29) is 5.91 Å². The first-order chi connectivity index (χ1) is 9.31. The van der Waals surface area contributed by atoms with Crippen molar-refractivity contribution in [1.29, 1.82) is 0 Å². The molecule has 1 saturated carbocycles. The molecule has 1 fully saturated rings. The summed E-state index contributed by atoms with van der Waals surface area (Å²) in [7, 11) is 0. The van der Waals surface area contributed by atoms with Gasteiger partial charge in [0, 0.05) is 33.9 Å². The van der Waals surface area contributed by atoms with Crippen molar-refractivity contribution in [2.75, 3.05) is 12.4 Å². The molecule has 100 valence electrons. The molecule has 4 heteroatoms. The first kappa shape index (κ1) is 12.9. The van der Waals surface area contributed by atoms with Crippen molar-refractivity contribution in [1.82, 2.24) is 4.90 Å². The molecule has 0 spiro atoms. The summed E-state index contributed by atoms with van der Waals surface area (Å²) in [4.78, 5) is 14.7. The van der Waals surface area contributed by atoms with Crippen molar-refractivity contribution in [3.8, 4) is 0 Å². The Morgan fingerprint density at radius 2 is 2.16 bits per heavy atom. The molecule has 1 aliphatic rings. The van der Waals surface area contributed by atoms with E-state index in [1.807, 2.05) is 28.5 Å². The summed E-state index contributed by atoms with van der Waals surface area (Å²) >= 11 is 7.49. The summed E-state index contributed by atoms with van der Waals surface area (Å²) < 4.78 is 1.17. The first-order valence-electron chi connectivity index (χ1n) is 6.64. The first-order valence-corrected chi connectivity index (χ1v) is 8.06. The van der Waals surface area contributed by atoms with Gasteiger partial charge in [-0.15, -0.1) is 22.9 Å². The number of rotatable bonds is 4. The Bertz CT molecular complexity index is 591. The number of thiophene rings is 1. The highest BCUT2D eigenvalue weighted by Crippen LogP contribution is 2.30. The third-order valence-corrected chi connectivity index (χ3v) is 4.95. The lowest BCUT2D eigenvalue weighted by Gasteiger charge is -2.37. The number of amides is 1. The van der Waals surface area contributed by atoms with Crippen molar-refractivity contribution in [3.05, 3.63) is 35.2 Å². The summed E-state index contributed by atoms with van der Waals surface area (Å²) in [5.74, 6) is 0.646. The lowest BCUT2D eigenvalue weighted by atomic mass is 9.91. The van der Waals surface area contributed by atoms with Crippen LogP contribution in [0.5, 0.6) is 0 Å². The number of carbonyl (C=O) groups excluding carboxylic acids is 1. The molecule has 0 atom stereocenters. The Labute approximate surface area is 122 Å². The molecule has 0 bridgehead atoms. The standard InChI is InChI=1S/C15H16ClNOS/c16-8-9-17(11-4-3-5-11)15(18)13-10-19-14-7-2-1-6-12(13)14/h1-2,6-7,10-11H,3-5,8-9H2. The number of nitrogens with zero attached hydrogens (tertiary/aromatic N) is 1. The van der Waals surface area contributed by atoms with Crippen LogP contribution in [0.2, 0.25) is 0 Å². The molecule has 1 aliphatic carbocycles. The number of carbonyl (C=O) groups is 1. The van der Waals surface area contributed by atoms with E-state index in [4.69, 9.17) is 11.6 Å². The highest BCUT2D eigenvalue weighted by atomic mass is 35.5. The van der Waals surface area contributed by atoms with E-state index >= 15 is 0 Å². The smallest absolute Gasteiger partial charge is 0.255 e. The van der Waals surface area contributed by atoms with Crippen LogP contribution in [0.3, 0.4) is 0 Å². The number of hydrogen-bond acceptors (Lipinski definition) is 2. The monoisotopic (exact) mass is 293 g/mol. The van der Waals surface area contributed by atoms with Gasteiger partial charge < -0.3 is 4.90 Å². The third kappa shape index (κ3) is 2.37. The van der Waals surface area contributed by atoms with Gasteiger partial charge in [-0.2, -0.15) is 0 Å². The average Bonchev–Trinajstić information content (AvgIpc) is 2.79. The lowest BCUT2D eigenvalue weighted by molar-refractivity contribution is 0.0600. The van der Waals surface area contributed by atoms with Gasteiger partial charge in [-0.3, -0.25) is 4.79 Å². The number of hydrogen-bond donors (Lipinski definition) is 0. The third-order valence-electron chi connectivity index (χ3n) is 3.81. The van der Waals surface area contributed by atoms with Gasteiger partial charge in [0.25, 0.3) is 5.91 Å². The van der Waals surface area contributed by atoms with Gasteiger partial charge >= 0.3 is 0 Å². The van der Waals surface area contributed by atoms with Gasteiger partial charge in [0.2, 0.25) is 0 Å². The number of alkyl halides is 1. The highest BCUT2D eigenvalue weighted by molar-refractivity contribution is 7.17. The molecule has 2 aromatic rings. The molecular formula is C15H16ClNOS. The topological polar surface area (TPSA) is 20.3 Å². The number of fused-ring (bicyclic) bond motifs is 1. The second kappa shape index (κ2) is 5.51. The predicted molar refractivity (Wildman–Crippen MR) is 81.2 cm³/mol. The maximum Gasteiger partial charge on any atom is 0.255 e. The van der Waals surface area contributed by atoms with E-state index < -0.39 is 0 Å². The molecule has 1 amide bonds. The van der Waals surface area contributed by atoms with Gasteiger partial charge in [-0.1, -0.05) is 18.2 Å². The van der Waals surface area contributed by atoms with Crippen molar-refractivity contribution in [3.63, 3.8) is 0 Å². The van der Waals surface area contributed by atoms with Gasteiger partial charge in [0.15, 0.2) is 0 Å². The highest BCUT2D eigenvalue weighted by Gasteiger charge is 2.29. The molecule has 0 unspecified atom stereocenters. The molecule has 1 aromatic heterocycles. The second-order valence-electron chi connectivity index (χ2n) is 4.92. The van der Waals surface area contributed by atoms with Gasteiger partial charge in [-0.25, -0.2) is 0 Å². The van der Waals surface area contributed by atoms with Crippen LogP contribution < -0.4 is 0 Å². The van der Waals surface area contributed by atoms with Gasteiger partial charge in [0.1, 0.15) is 0 Å². The summed E-state index contributed by atoms with van der Waals surface area (Å²) in [6.45, 7) is 0.648. The molecule has 2 nitrogen and oxygen atoms in total. The molecule has 0 radical (unpaired) electrons. The van der Waals surface area contributed by atoms with Crippen molar-refractivity contribution in [2.45, 2.75) is 25.3 Å². The van der Waals surface area contributed by atoms with Crippen LogP contribution in [0.4, 0.5) is 0 Å². The number of benzene rings is 1. The minimum absolute atomic E-state index is 0.141. The Kier molecular flexibility index (Phi) is 3.76. The predicted octanol–water partition coefficient (Wildman–Crippen LogP) is 4.13. The normalized spacial score (nSPS) is 15.4. The van der Waals surface area contributed by atoms with Crippen LogP contribution in [0.1, 0.15) is 29.6 Å². The van der Waals surface area contributed by atoms with Crippen LogP contribution >= 0.6 is 22.9 Å². The van der Waals surface area contributed by atoms with Crippen molar-refractivity contribution >= 4 is 38.9 Å². The molecule has 0 aliphatic heterocycles. The van der Waals surface area contributed by atoms with Crippen LogP contribution in [0.25, 0.3) is 10.1 Å². The molecule has 19 heavy (non-hydrogen) atoms. The SMILES string of the molecule is O=C(c1csc2ccccc12)N(CCCl)C1CCC1. The summed E-state index contributed by atoms with van der Waals surface area (Å²) in [5, 5.41) is 3.05. The van der Waals surface area contributed by atoms with Crippen LogP contribution in [0.15, 0.2) is 29.6 Å². The summed E-state index contributed by atoms with van der Waals surface area (Å²) in [5.41, 5.74) is 0.831. The van der Waals surface area contributed by atoms with E-state index in [0.717, 1.165) is 23.8 Å². The zero-order chi connectivity index (χ0) is 13.2. The minimum atomic E-state index is 0.141. The van der Waals surface area contributed by atoms with Crippen LogP contribution in [0, 0.1) is 0 Å². The Hall–Kier alpha value is -1.06. The second-order valence-corrected chi connectivity index (χ2v) is 6.21. The zero-order valence-electron chi connectivity index (χ0n) is 10.6. The lowest BCUT2D eigenvalue weighted by Crippen LogP contribution is -2.45. The maximum absolute atomic E-state index is 12.7. The van der Waals surface area contributed by atoms with Gasteiger partial charge in [-0.05, 0) is 25.3 Å². The van der Waals surface area contributed by atoms with Crippen LogP contribution in [-0.4, -0.2) is 29.3 Å². The summed E-state index contributed by atoms with van der Waals surface area (Å²) in [6.07, 6.45) is 3.45. The van der Waals surface area contributed by atoms with Crippen molar-refractivity contribution in [2.24, 2.45) is 0 Å². The van der Waals surface area contributed by atoms with E-state index in [0.29, 0.717) is 18.5 Å². The van der Waals surface area contributed by atoms with Gasteiger partial charge in [0.05, 0.1) is 5.56 Å². The zero-order valence-corrected chi connectivity index (χ0v) is 12.2. The maximum atomic E-state index is 12.7. The largest absolute Gasteiger partial charge is 0.334 e. The molecule has 3 rings (SSSR count). The Morgan fingerprint density at radius 3 is 2.84 bits per heavy atom. The molecule has 1 heterocycles. The quantitative estimate of drug-likeness (QED) is 0.776. The Balaban J connectivity index is 1.92. The molecule has 0 saturated heterocycles. The molecule has 1 aromatic carbocycles. The minimum Gasteiger partial charge on any atom is -0.334 e. The van der Waals surface area contributed by atoms with E-state index in [1.165, 1.54) is 11.1 Å². The fourth-order valence-corrected chi connectivity index (χ4v) is 3.65. The molecule has 0 N–H and O–H groups in total. The van der Waals surface area contributed by atoms with E-state index in [2.05, 4.69) is 6.07 Å². The van der Waals surface area contributed by atoms with Crippen molar-refractivity contribution < 1.29 is 4.79 Å². The van der Waals surface area contributed by atoms with Crippen LogP contribution in [-0.2, 0) is 0 Å². The fourth-order valence-electron chi connectivity index (χ4n) is 2.54. The van der Waals surface area contributed by atoms with E-state index in [9.17, 15) is 4.79 Å². The Morgan fingerprint density at radius 1 is 1.37 bits per heavy atom. The number of halogens is 1. The molecular weight excluding hydrogens is 278 g/mol.